The van der Waals surface area contributed by atoms with Crippen molar-refractivity contribution >= 4 is 33.0 Å². The van der Waals surface area contributed by atoms with Gasteiger partial charge < -0.3 is 4.90 Å². The van der Waals surface area contributed by atoms with E-state index in [2.05, 4.69) is 67.3 Å². The molecule has 5 heteroatoms. The SMILES string of the molecule is Cc1nc(CN2CCN(c3ccc(Br)cc3)CC2)cs1. The van der Waals surface area contributed by atoms with E-state index in [1.165, 1.54) is 11.4 Å². The Morgan fingerprint density at radius 3 is 2.45 bits per heavy atom. The van der Waals surface area contributed by atoms with Gasteiger partial charge in [-0.3, -0.25) is 4.90 Å². The highest BCUT2D eigenvalue weighted by Crippen LogP contribution is 2.20. The van der Waals surface area contributed by atoms with Crippen molar-refractivity contribution in [2.45, 2.75) is 13.5 Å². The number of hydrogen-bond donors (Lipinski definition) is 0. The zero-order chi connectivity index (χ0) is 13.9. The molecule has 1 aliphatic heterocycles. The summed E-state index contributed by atoms with van der Waals surface area (Å²) >= 11 is 5.22. The highest BCUT2D eigenvalue weighted by molar-refractivity contribution is 9.10. The van der Waals surface area contributed by atoms with E-state index in [9.17, 15) is 0 Å². The van der Waals surface area contributed by atoms with Crippen molar-refractivity contribution in [3.63, 3.8) is 0 Å². The van der Waals surface area contributed by atoms with Crippen LogP contribution in [0.3, 0.4) is 0 Å². The van der Waals surface area contributed by atoms with Gasteiger partial charge in [-0.1, -0.05) is 15.9 Å². The Hall–Kier alpha value is -0.910. The van der Waals surface area contributed by atoms with E-state index in [0.717, 1.165) is 42.2 Å². The van der Waals surface area contributed by atoms with Gasteiger partial charge in [-0.25, -0.2) is 4.98 Å². The Kier molecular flexibility index (Phi) is 4.38. The summed E-state index contributed by atoms with van der Waals surface area (Å²) in [6.45, 7) is 7.44. The lowest BCUT2D eigenvalue weighted by atomic mass is 10.2. The van der Waals surface area contributed by atoms with Crippen molar-refractivity contribution in [1.29, 1.82) is 0 Å². The van der Waals surface area contributed by atoms with Crippen molar-refractivity contribution in [3.8, 4) is 0 Å². The van der Waals surface area contributed by atoms with Crippen molar-refractivity contribution < 1.29 is 0 Å². The predicted octanol–water partition coefficient (Wildman–Crippen LogP) is 3.54. The number of nitrogens with zero attached hydrogens (tertiary/aromatic N) is 3. The standard InChI is InChI=1S/C15H18BrN3S/c1-12-17-14(11-20-12)10-18-6-8-19(9-7-18)15-4-2-13(16)3-5-15/h2-5,11H,6-10H2,1H3. The van der Waals surface area contributed by atoms with Crippen LogP contribution >= 0.6 is 27.3 Å². The first kappa shape index (κ1) is 14.0. The lowest BCUT2D eigenvalue weighted by molar-refractivity contribution is 0.247. The van der Waals surface area contributed by atoms with E-state index in [1.807, 2.05) is 0 Å². The first-order valence-electron chi connectivity index (χ1n) is 6.84. The lowest BCUT2D eigenvalue weighted by Gasteiger charge is -2.35. The zero-order valence-corrected chi connectivity index (χ0v) is 14.0. The highest BCUT2D eigenvalue weighted by atomic mass is 79.9. The molecule has 0 atom stereocenters. The Morgan fingerprint density at radius 2 is 1.85 bits per heavy atom. The van der Waals surface area contributed by atoms with Crippen LogP contribution in [0.1, 0.15) is 10.7 Å². The largest absolute Gasteiger partial charge is 0.369 e. The molecule has 106 valence electrons. The molecule has 2 aromatic rings. The fraction of sp³-hybridized carbons (Fsp3) is 0.400. The van der Waals surface area contributed by atoms with Gasteiger partial charge >= 0.3 is 0 Å². The average Bonchev–Trinajstić information content (AvgIpc) is 2.86. The van der Waals surface area contributed by atoms with Crippen molar-refractivity contribution in [2.75, 3.05) is 31.1 Å². The van der Waals surface area contributed by atoms with Crippen LogP contribution in [0.5, 0.6) is 0 Å². The topological polar surface area (TPSA) is 19.4 Å². The van der Waals surface area contributed by atoms with Crippen molar-refractivity contribution in [3.05, 3.63) is 44.8 Å². The van der Waals surface area contributed by atoms with E-state index in [0.29, 0.717) is 0 Å². The number of halogens is 1. The van der Waals surface area contributed by atoms with Gasteiger partial charge in [0.2, 0.25) is 0 Å². The minimum Gasteiger partial charge on any atom is -0.369 e. The van der Waals surface area contributed by atoms with Crippen LogP contribution in [0.4, 0.5) is 5.69 Å². The second-order valence-corrected chi connectivity index (χ2v) is 7.08. The Morgan fingerprint density at radius 1 is 1.15 bits per heavy atom. The van der Waals surface area contributed by atoms with Gasteiger partial charge in [0.25, 0.3) is 0 Å². The third-order valence-electron chi connectivity index (χ3n) is 3.62. The Balaban J connectivity index is 1.55. The molecule has 0 aliphatic carbocycles. The molecule has 0 spiro atoms. The van der Waals surface area contributed by atoms with E-state index in [4.69, 9.17) is 0 Å². The maximum absolute atomic E-state index is 4.55. The fourth-order valence-electron chi connectivity index (χ4n) is 2.53. The summed E-state index contributed by atoms with van der Waals surface area (Å²) in [5, 5.41) is 3.34. The number of piperazine rings is 1. The van der Waals surface area contributed by atoms with Crippen LogP contribution in [0.2, 0.25) is 0 Å². The van der Waals surface area contributed by atoms with E-state index in [1.54, 1.807) is 11.3 Å². The van der Waals surface area contributed by atoms with Gasteiger partial charge in [-0.2, -0.15) is 0 Å². The molecule has 1 aliphatic rings. The summed E-state index contributed by atoms with van der Waals surface area (Å²) in [5.74, 6) is 0. The third kappa shape index (κ3) is 3.40. The first-order valence-corrected chi connectivity index (χ1v) is 8.52. The Bertz CT molecular complexity index is 559. The van der Waals surface area contributed by atoms with Gasteiger partial charge in [0.05, 0.1) is 10.7 Å². The molecule has 2 heterocycles. The summed E-state index contributed by atoms with van der Waals surface area (Å²) in [6.07, 6.45) is 0. The lowest BCUT2D eigenvalue weighted by Crippen LogP contribution is -2.46. The number of thiazole rings is 1. The molecule has 3 rings (SSSR count). The number of rotatable bonds is 3. The van der Waals surface area contributed by atoms with Crippen LogP contribution in [-0.4, -0.2) is 36.1 Å². The average molecular weight is 352 g/mol. The second kappa shape index (κ2) is 6.24. The van der Waals surface area contributed by atoms with Crippen molar-refractivity contribution in [1.82, 2.24) is 9.88 Å². The molecular weight excluding hydrogens is 334 g/mol. The molecule has 0 saturated carbocycles. The fourth-order valence-corrected chi connectivity index (χ4v) is 3.39. The van der Waals surface area contributed by atoms with Crippen LogP contribution in [0.25, 0.3) is 0 Å². The smallest absolute Gasteiger partial charge is 0.0897 e. The van der Waals surface area contributed by atoms with Crippen LogP contribution in [0.15, 0.2) is 34.1 Å². The molecule has 0 unspecified atom stereocenters. The molecule has 1 fully saturated rings. The number of aromatic nitrogens is 1. The first-order chi connectivity index (χ1) is 9.70. The predicted molar refractivity (Wildman–Crippen MR) is 88.5 cm³/mol. The monoisotopic (exact) mass is 351 g/mol. The van der Waals surface area contributed by atoms with E-state index in [-0.39, 0.29) is 0 Å². The van der Waals surface area contributed by atoms with Crippen LogP contribution < -0.4 is 4.90 Å². The Labute approximate surface area is 132 Å². The second-order valence-electron chi connectivity index (χ2n) is 5.10. The normalized spacial score (nSPS) is 16.6. The number of aryl methyl sites for hydroxylation is 1. The quantitative estimate of drug-likeness (QED) is 0.842. The van der Waals surface area contributed by atoms with Gasteiger partial charge in [0.15, 0.2) is 0 Å². The molecule has 1 saturated heterocycles. The highest BCUT2D eigenvalue weighted by Gasteiger charge is 2.17. The molecular formula is C15H18BrN3S. The summed E-state index contributed by atoms with van der Waals surface area (Å²) < 4.78 is 1.14. The number of anilines is 1. The molecule has 1 aromatic heterocycles. The van der Waals surface area contributed by atoms with E-state index < -0.39 is 0 Å². The van der Waals surface area contributed by atoms with Crippen LogP contribution in [0, 0.1) is 6.92 Å². The van der Waals surface area contributed by atoms with Gasteiger partial charge in [-0.05, 0) is 31.2 Å². The zero-order valence-electron chi connectivity index (χ0n) is 11.6. The maximum atomic E-state index is 4.55. The third-order valence-corrected chi connectivity index (χ3v) is 4.97. The van der Waals surface area contributed by atoms with Gasteiger partial charge in [0, 0.05) is 48.3 Å². The summed E-state index contributed by atoms with van der Waals surface area (Å²) in [6, 6.07) is 8.59. The number of benzene rings is 1. The number of hydrogen-bond acceptors (Lipinski definition) is 4. The van der Waals surface area contributed by atoms with Crippen LogP contribution in [-0.2, 0) is 6.54 Å². The molecule has 0 bridgehead atoms. The van der Waals surface area contributed by atoms with Crippen molar-refractivity contribution in [2.24, 2.45) is 0 Å². The van der Waals surface area contributed by atoms with E-state index >= 15 is 0 Å². The maximum Gasteiger partial charge on any atom is 0.0897 e. The minimum atomic E-state index is 0.985. The summed E-state index contributed by atoms with van der Waals surface area (Å²) in [7, 11) is 0. The molecule has 0 radical (unpaired) electrons. The summed E-state index contributed by atoms with van der Waals surface area (Å²) in [5.41, 5.74) is 2.53. The summed E-state index contributed by atoms with van der Waals surface area (Å²) in [4.78, 5) is 9.49. The minimum absolute atomic E-state index is 0.985. The molecule has 3 nitrogen and oxygen atoms in total. The van der Waals surface area contributed by atoms with Gasteiger partial charge in [-0.15, -0.1) is 11.3 Å². The molecule has 0 N–H and O–H groups in total. The molecule has 20 heavy (non-hydrogen) atoms. The molecule has 1 aromatic carbocycles. The van der Waals surface area contributed by atoms with Gasteiger partial charge in [0.1, 0.15) is 0 Å². The molecule has 0 amide bonds.